The normalized spacial score (nSPS) is 19.7. The first-order valence-corrected chi connectivity index (χ1v) is 6.91. The SMILES string of the molecule is CC(C)C1CN(C)c2ccc(C(C)(C)C)cc2N1. The first kappa shape index (κ1) is 13.3. The Morgan fingerprint density at radius 1 is 1.28 bits per heavy atom. The Kier molecular flexibility index (Phi) is 3.31. The van der Waals surface area contributed by atoms with Gasteiger partial charge in [0.05, 0.1) is 11.4 Å². The zero-order valence-corrected chi connectivity index (χ0v) is 12.5. The van der Waals surface area contributed by atoms with E-state index in [2.05, 4.69) is 70.1 Å². The average molecular weight is 246 g/mol. The maximum absolute atomic E-state index is 3.70. The molecule has 0 saturated carbocycles. The average Bonchev–Trinajstić information content (AvgIpc) is 2.26. The zero-order valence-electron chi connectivity index (χ0n) is 12.5. The number of benzene rings is 1. The third kappa shape index (κ3) is 2.47. The second-order valence-electron chi connectivity index (χ2n) is 6.86. The molecule has 0 amide bonds. The Bertz CT molecular complexity index is 429. The summed E-state index contributed by atoms with van der Waals surface area (Å²) >= 11 is 0. The van der Waals surface area contributed by atoms with Crippen LogP contribution in [0.5, 0.6) is 0 Å². The molecule has 1 aromatic carbocycles. The van der Waals surface area contributed by atoms with Gasteiger partial charge >= 0.3 is 0 Å². The van der Waals surface area contributed by atoms with E-state index >= 15 is 0 Å². The van der Waals surface area contributed by atoms with Crippen LogP contribution in [0.1, 0.15) is 40.2 Å². The quantitative estimate of drug-likeness (QED) is 0.809. The summed E-state index contributed by atoms with van der Waals surface area (Å²) in [7, 11) is 2.19. The Morgan fingerprint density at radius 2 is 1.94 bits per heavy atom. The lowest BCUT2D eigenvalue weighted by atomic mass is 9.86. The van der Waals surface area contributed by atoms with Crippen LogP contribution in [0.15, 0.2) is 18.2 Å². The molecule has 1 aliphatic heterocycles. The monoisotopic (exact) mass is 246 g/mol. The summed E-state index contributed by atoms with van der Waals surface area (Å²) in [5, 5.41) is 3.70. The highest BCUT2D eigenvalue weighted by Crippen LogP contribution is 2.35. The number of nitrogens with one attached hydrogen (secondary N) is 1. The van der Waals surface area contributed by atoms with Crippen molar-refractivity contribution in [3.05, 3.63) is 23.8 Å². The van der Waals surface area contributed by atoms with Gasteiger partial charge in [-0.1, -0.05) is 40.7 Å². The summed E-state index contributed by atoms with van der Waals surface area (Å²) in [6, 6.07) is 7.37. The second kappa shape index (κ2) is 4.49. The van der Waals surface area contributed by atoms with Crippen LogP contribution in [-0.2, 0) is 5.41 Å². The highest BCUT2D eigenvalue weighted by atomic mass is 15.2. The van der Waals surface area contributed by atoms with Gasteiger partial charge in [-0.05, 0) is 29.0 Å². The van der Waals surface area contributed by atoms with Crippen molar-refractivity contribution < 1.29 is 0 Å². The molecule has 2 nitrogen and oxygen atoms in total. The molecular formula is C16H26N2. The van der Waals surface area contributed by atoms with Gasteiger partial charge in [-0.3, -0.25) is 0 Å². The predicted octanol–water partition coefficient (Wildman–Crippen LogP) is 3.87. The Balaban J connectivity index is 2.37. The van der Waals surface area contributed by atoms with Gasteiger partial charge in [-0.2, -0.15) is 0 Å². The van der Waals surface area contributed by atoms with Gasteiger partial charge in [-0.15, -0.1) is 0 Å². The second-order valence-corrected chi connectivity index (χ2v) is 6.86. The summed E-state index contributed by atoms with van der Waals surface area (Å²) in [4.78, 5) is 2.36. The van der Waals surface area contributed by atoms with Crippen molar-refractivity contribution >= 4 is 11.4 Å². The Hall–Kier alpha value is -1.18. The van der Waals surface area contributed by atoms with Crippen LogP contribution in [-0.4, -0.2) is 19.6 Å². The van der Waals surface area contributed by atoms with Gasteiger partial charge in [0.15, 0.2) is 0 Å². The van der Waals surface area contributed by atoms with Crippen LogP contribution in [0.4, 0.5) is 11.4 Å². The number of anilines is 2. The Labute approximate surface area is 111 Å². The molecule has 2 heteroatoms. The van der Waals surface area contributed by atoms with Crippen molar-refractivity contribution in [1.29, 1.82) is 0 Å². The third-order valence-electron chi connectivity index (χ3n) is 3.89. The van der Waals surface area contributed by atoms with Gasteiger partial charge in [0, 0.05) is 19.6 Å². The lowest BCUT2D eigenvalue weighted by molar-refractivity contribution is 0.513. The van der Waals surface area contributed by atoms with Gasteiger partial charge in [0.25, 0.3) is 0 Å². The fourth-order valence-electron chi connectivity index (χ4n) is 2.47. The van der Waals surface area contributed by atoms with E-state index in [9.17, 15) is 0 Å². The number of rotatable bonds is 1. The molecule has 2 rings (SSSR count). The predicted molar refractivity (Wildman–Crippen MR) is 80.7 cm³/mol. The van der Waals surface area contributed by atoms with Crippen molar-refractivity contribution in [2.45, 2.75) is 46.1 Å². The number of hydrogen-bond donors (Lipinski definition) is 1. The standard InChI is InChI=1S/C16H26N2/c1-11(2)14-10-18(6)15-8-7-12(16(3,4)5)9-13(15)17-14/h7-9,11,14,17H,10H2,1-6H3. The minimum absolute atomic E-state index is 0.208. The van der Waals surface area contributed by atoms with Crippen molar-refractivity contribution in [2.75, 3.05) is 23.8 Å². The molecule has 1 N–H and O–H groups in total. The molecule has 1 aliphatic rings. The lowest BCUT2D eigenvalue weighted by Crippen LogP contribution is -2.42. The van der Waals surface area contributed by atoms with Gasteiger partial charge in [-0.25, -0.2) is 0 Å². The van der Waals surface area contributed by atoms with Crippen LogP contribution in [0.2, 0.25) is 0 Å². The van der Waals surface area contributed by atoms with E-state index < -0.39 is 0 Å². The zero-order chi connectivity index (χ0) is 13.5. The van der Waals surface area contributed by atoms with E-state index in [0.29, 0.717) is 12.0 Å². The van der Waals surface area contributed by atoms with Crippen LogP contribution in [0.3, 0.4) is 0 Å². The van der Waals surface area contributed by atoms with Crippen LogP contribution in [0, 0.1) is 5.92 Å². The van der Waals surface area contributed by atoms with E-state index in [0.717, 1.165) is 6.54 Å². The topological polar surface area (TPSA) is 15.3 Å². The number of hydrogen-bond acceptors (Lipinski definition) is 2. The van der Waals surface area contributed by atoms with Crippen molar-refractivity contribution in [2.24, 2.45) is 5.92 Å². The molecule has 0 bridgehead atoms. The van der Waals surface area contributed by atoms with E-state index in [-0.39, 0.29) is 5.41 Å². The minimum Gasteiger partial charge on any atom is -0.379 e. The van der Waals surface area contributed by atoms with Gasteiger partial charge < -0.3 is 10.2 Å². The summed E-state index contributed by atoms with van der Waals surface area (Å²) < 4.78 is 0. The molecule has 1 aromatic rings. The molecule has 0 aliphatic carbocycles. The molecule has 0 spiro atoms. The summed E-state index contributed by atoms with van der Waals surface area (Å²) in [5.74, 6) is 0.652. The molecule has 1 unspecified atom stereocenters. The van der Waals surface area contributed by atoms with E-state index in [1.54, 1.807) is 0 Å². The van der Waals surface area contributed by atoms with Crippen molar-refractivity contribution in [3.8, 4) is 0 Å². The molecule has 0 radical (unpaired) electrons. The first-order valence-electron chi connectivity index (χ1n) is 6.91. The van der Waals surface area contributed by atoms with E-state index in [1.165, 1.54) is 16.9 Å². The van der Waals surface area contributed by atoms with Crippen LogP contribution < -0.4 is 10.2 Å². The largest absolute Gasteiger partial charge is 0.379 e. The van der Waals surface area contributed by atoms with Gasteiger partial charge in [0.2, 0.25) is 0 Å². The minimum atomic E-state index is 0.208. The summed E-state index contributed by atoms with van der Waals surface area (Å²) in [5.41, 5.74) is 4.21. The fraction of sp³-hybridized carbons (Fsp3) is 0.625. The smallest absolute Gasteiger partial charge is 0.0600 e. The Morgan fingerprint density at radius 3 is 2.50 bits per heavy atom. The first-order chi connectivity index (χ1) is 8.29. The molecule has 0 fully saturated rings. The van der Waals surface area contributed by atoms with Crippen molar-refractivity contribution in [1.82, 2.24) is 0 Å². The van der Waals surface area contributed by atoms with Crippen molar-refractivity contribution in [3.63, 3.8) is 0 Å². The van der Waals surface area contributed by atoms with Gasteiger partial charge in [0.1, 0.15) is 0 Å². The highest BCUT2D eigenvalue weighted by Gasteiger charge is 2.25. The molecular weight excluding hydrogens is 220 g/mol. The molecule has 0 aromatic heterocycles. The lowest BCUT2D eigenvalue weighted by Gasteiger charge is -2.37. The number of nitrogens with zero attached hydrogens (tertiary/aromatic N) is 1. The van der Waals surface area contributed by atoms with E-state index in [1.807, 2.05) is 0 Å². The molecule has 100 valence electrons. The maximum atomic E-state index is 3.70. The molecule has 1 atom stereocenters. The summed E-state index contributed by atoms with van der Waals surface area (Å²) in [6.45, 7) is 12.4. The van der Waals surface area contributed by atoms with Crippen LogP contribution in [0.25, 0.3) is 0 Å². The van der Waals surface area contributed by atoms with E-state index in [4.69, 9.17) is 0 Å². The summed E-state index contributed by atoms with van der Waals surface area (Å²) in [6.07, 6.45) is 0. The molecule has 1 heterocycles. The number of fused-ring (bicyclic) bond motifs is 1. The molecule has 18 heavy (non-hydrogen) atoms. The fourth-order valence-corrected chi connectivity index (χ4v) is 2.47. The molecule has 0 saturated heterocycles. The number of likely N-dealkylation sites (N-methyl/N-ethyl adjacent to an activating group) is 1. The van der Waals surface area contributed by atoms with Crippen LogP contribution >= 0.6 is 0 Å². The maximum Gasteiger partial charge on any atom is 0.0600 e. The highest BCUT2D eigenvalue weighted by molar-refractivity contribution is 5.73. The third-order valence-corrected chi connectivity index (χ3v) is 3.89.